The maximum absolute atomic E-state index is 12.5. The van der Waals surface area contributed by atoms with Gasteiger partial charge in [0.25, 0.3) is 0 Å². The van der Waals surface area contributed by atoms with E-state index in [2.05, 4.69) is 31.3 Å². The molecular formula is C45H89NO5. The lowest BCUT2D eigenvalue weighted by atomic mass is 10.00. The summed E-state index contributed by atoms with van der Waals surface area (Å²) in [4.78, 5) is 12.5. The zero-order valence-corrected chi connectivity index (χ0v) is 34.1. The summed E-state index contributed by atoms with van der Waals surface area (Å²) >= 11 is 0. The molecule has 0 aliphatic carbocycles. The van der Waals surface area contributed by atoms with Gasteiger partial charge >= 0.3 is 0 Å². The van der Waals surface area contributed by atoms with Crippen molar-refractivity contribution in [1.29, 1.82) is 0 Å². The number of aliphatic hydroxyl groups excluding tert-OH is 4. The summed E-state index contributed by atoms with van der Waals surface area (Å²) in [7, 11) is 0. The van der Waals surface area contributed by atoms with Crippen molar-refractivity contribution in [1.82, 2.24) is 5.32 Å². The van der Waals surface area contributed by atoms with Gasteiger partial charge in [-0.05, 0) is 38.5 Å². The standard InChI is InChI=1S/C45H89NO5/c1-3-5-7-9-11-13-15-17-19-21-23-25-27-29-31-33-35-37-39-43(49)45(51)46-41(40-47)44(50)42(48)38-36-34-32-30-28-26-24-22-20-18-16-14-12-10-8-6-4-2/h30,32,41-44,47-50H,3-29,31,33-40H2,1-2H3,(H,46,51)/b32-30+. The molecule has 0 aliphatic heterocycles. The van der Waals surface area contributed by atoms with Crippen LogP contribution in [0.5, 0.6) is 0 Å². The Bertz CT molecular complexity index is 731. The topological polar surface area (TPSA) is 110 Å². The first-order valence-corrected chi connectivity index (χ1v) is 22.6. The Hall–Kier alpha value is -0.950. The van der Waals surface area contributed by atoms with Crippen molar-refractivity contribution < 1.29 is 25.2 Å². The van der Waals surface area contributed by atoms with Crippen molar-refractivity contribution >= 4 is 5.91 Å². The lowest BCUT2D eigenvalue weighted by Gasteiger charge is -2.27. The maximum Gasteiger partial charge on any atom is 0.249 e. The van der Waals surface area contributed by atoms with E-state index in [0.717, 1.165) is 38.5 Å². The number of carbonyl (C=O) groups excluding carboxylic acids is 1. The van der Waals surface area contributed by atoms with Crippen LogP contribution in [0.15, 0.2) is 12.2 Å². The fraction of sp³-hybridized carbons (Fsp3) is 0.933. The second-order valence-electron chi connectivity index (χ2n) is 15.8. The number of carbonyl (C=O) groups is 1. The number of hydrogen-bond donors (Lipinski definition) is 5. The van der Waals surface area contributed by atoms with Crippen LogP contribution in [0.1, 0.15) is 239 Å². The molecule has 0 fully saturated rings. The molecule has 6 heteroatoms. The molecule has 0 rings (SSSR count). The van der Waals surface area contributed by atoms with Gasteiger partial charge in [0.05, 0.1) is 18.8 Å². The average molecular weight is 724 g/mol. The van der Waals surface area contributed by atoms with Crippen LogP contribution in [0.4, 0.5) is 0 Å². The van der Waals surface area contributed by atoms with Crippen LogP contribution in [0, 0.1) is 0 Å². The largest absolute Gasteiger partial charge is 0.394 e. The number of amides is 1. The van der Waals surface area contributed by atoms with Crippen LogP contribution in [0.2, 0.25) is 0 Å². The quantitative estimate of drug-likeness (QED) is 0.0319. The zero-order chi connectivity index (χ0) is 37.5. The van der Waals surface area contributed by atoms with Gasteiger partial charge in [0, 0.05) is 0 Å². The first kappa shape index (κ1) is 50.1. The van der Waals surface area contributed by atoms with Gasteiger partial charge in [-0.1, -0.05) is 212 Å². The Labute approximate surface area is 317 Å². The lowest BCUT2D eigenvalue weighted by molar-refractivity contribution is -0.132. The van der Waals surface area contributed by atoms with Gasteiger partial charge in [-0.15, -0.1) is 0 Å². The third kappa shape index (κ3) is 34.6. The van der Waals surface area contributed by atoms with E-state index in [0.29, 0.717) is 12.8 Å². The Morgan fingerprint density at radius 1 is 0.471 bits per heavy atom. The van der Waals surface area contributed by atoms with Gasteiger partial charge < -0.3 is 25.7 Å². The van der Waals surface area contributed by atoms with Crippen molar-refractivity contribution in [3.05, 3.63) is 12.2 Å². The van der Waals surface area contributed by atoms with Crippen LogP contribution >= 0.6 is 0 Å². The summed E-state index contributed by atoms with van der Waals surface area (Å²) in [6, 6.07) is -0.996. The highest BCUT2D eigenvalue weighted by atomic mass is 16.3. The van der Waals surface area contributed by atoms with Gasteiger partial charge in [0.2, 0.25) is 5.91 Å². The summed E-state index contributed by atoms with van der Waals surface area (Å²) in [6.45, 7) is 4.05. The number of rotatable bonds is 41. The van der Waals surface area contributed by atoms with Gasteiger partial charge in [0.15, 0.2) is 0 Å². The highest BCUT2D eigenvalue weighted by Crippen LogP contribution is 2.16. The van der Waals surface area contributed by atoms with Crippen molar-refractivity contribution in [3.8, 4) is 0 Å². The van der Waals surface area contributed by atoms with Gasteiger partial charge in [-0.3, -0.25) is 4.79 Å². The summed E-state index contributed by atoms with van der Waals surface area (Å²) in [5.74, 6) is -0.590. The van der Waals surface area contributed by atoms with Crippen molar-refractivity contribution in [2.45, 2.75) is 263 Å². The van der Waals surface area contributed by atoms with Crippen molar-refractivity contribution in [3.63, 3.8) is 0 Å². The monoisotopic (exact) mass is 724 g/mol. The summed E-state index contributed by atoms with van der Waals surface area (Å²) in [5.41, 5.74) is 0. The molecule has 5 N–H and O–H groups in total. The minimum atomic E-state index is -1.28. The van der Waals surface area contributed by atoms with E-state index < -0.39 is 36.9 Å². The molecular weight excluding hydrogens is 634 g/mol. The molecule has 0 heterocycles. The third-order valence-electron chi connectivity index (χ3n) is 10.7. The normalized spacial score (nSPS) is 14.2. The summed E-state index contributed by atoms with van der Waals surface area (Å²) in [5, 5.41) is 43.7. The van der Waals surface area contributed by atoms with Crippen molar-refractivity contribution in [2.75, 3.05) is 6.61 Å². The zero-order valence-electron chi connectivity index (χ0n) is 34.1. The van der Waals surface area contributed by atoms with E-state index in [1.165, 1.54) is 173 Å². The minimum absolute atomic E-state index is 0.368. The molecule has 1 amide bonds. The molecule has 0 aliphatic rings. The Balaban J connectivity index is 3.74. The van der Waals surface area contributed by atoms with Gasteiger partial charge in [0.1, 0.15) is 12.2 Å². The predicted molar refractivity (Wildman–Crippen MR) is 219 cm³/mol. The van der Waals surface area contributed by atoms with E-state index >= 15 is 0 Å². The smallest absolute Gasteiger partial charge is 0.249 e. The van der Waals surface area contributed by atoms with E-state index in [-0.39, 0.29) is 0 Å². The van der Waals surface area contributed by atoms with Crippen LogP contribution < -0.4 is 5.32 Å². The number of aliphatic hydroxyl groups is 4. The fourth-order valence-corrected chi connectivity index (χ4v) is 7.11. The molecule has 0 radical (unpaired) electrons. The number of hydrogen-bond acceptors (Lipinski definition) is 5. The molecule has 4 unspecified atom stereocenters. The van der Waals surface area contributed by atoms with Crippen LogP contribution in [0.3, 0.4) is 0 Å². The van der Waals surface area contributed by atoms with Crippen LogP contribution in [-0.4, -0.2) is 57.3 Å². The molecule has 0 aromatic heterocycles. The Kier molecular flexibility index (Phi) is 39.5. The number of unbranched alkanes of at least 4 members (excludes halogenated alkanes) is 30. The highest BCUT2D eigenvalue weighted by molar-refractivity contribution is 5.80. The first-order valence-electron chi connectivity index (χ1n) is 22.6. The number of nitrogens with one attached hydrogen (secondary N) is 1. The third-order valence-corrected chi connectivity index (χ3v) is 10.7. The predicted octanol–water partition coefficient (Wildman–Crippen LogP) is 11.8. The minimum Gasteiger partial charge on any atom is -0.394 e. The molecule has 0 aromatic carbocycles. The van der Waals surface area contributed by atoms with Crippen molar-refractivity contribution in [2.24, 2.45) is 0 Å². The summed E-state index contributed by atoms with van der Waals surface area (Å²) < 4.78 is 0. The highest BCUT2D eigenvalue weighted by Gasteiger charge is 2.28. The van der Waals surface area contributed by atoms with Crippen LogP contribution in [-0.2, 0) is 4.79 Å². The first-order chi connectivity index (χ1) is 25.0. The molecule has 304 valence electrons. The molecule has 0 saturated heterocycles. The van der Waals surface area contributed by atoms with E-state index in [9.17, 15) is 25.2 Å². The molecule has 0 aromatic rings. The SMILES string of the molecule is CCCCCCCCCCCCCC/C=C/CCCC(O)C(O)C(CO)NC(=O)C(O)CCCCCCCCCCCCCCCCCCCC. The van der Waals surface area contributed by atoms with E-state index in [4.69, 9.17) is 0 Å². The fourth-order valence-electron chi connectivity index (χ4n) is 7.11. The maximum atomic E-state index is 12.5. The van der Waals surface area contributed by atoms with Gasteiger partial charge in [-0.25, -0.2) is 0 Å². The van der Waals surface area contributed by atoms with E-state index in [1.807, 2.05) is 0 Å². The summed E-state index contributed by atoms with van der Waals surface area (Å²) in [6.07, 6.45) is 43.9. The Morgan fingerprint density at radius 3 is 1.18 bits per heavy atom. The Morgan fingerprint density at radius 2 is 0.804 bits per heavy atom. The molecule has 0 spiro atoms. The number of allylic oxidation sites excluding steroid dienone is 2. The molecule has 51 heavy (non-hydrogen) atoms. The molecule has 0 saturated carbocycles. The van der Waals surface area contributed by atoms with Gasteiger partial charge in [-0.2, -0.15) is 0 Å². The lowest BCUT2D eigenvalue weighted by Crippen LogP contribution is -2.53. The molecule has 6 nitrogen and oxygen atoms in total. The van der Waals surface area contributed by atoms with Crippen LogP contribution in [0.25, 0.3) is 0 Å². The average Bonchev–Trinajstić information content (AvgIpc) is 3.13. The van der Waals surface area contributed by atoms with E-state index in [1.54, 1.807) is 0 Å². The second kappa shape index (κ2) is 40.2. The molecule has 0 bridgehead atoms. The molecule has 4 atom stereocenters. The second-order valence-corrected chi connectivity index (χ2v) is 15.8.